The van der Waals surface area contributed by atoms with Gasteiger partial charge in [-0.1, -0.05) is 6.92 Å². The Hall–Kier alpha value is -0.970. The zero-order chi connectivity index (χ0) is 14.8. The average molecular weight is 325 g/mol. The van der Waals surface area contributed by atoms with Crippen LogP contribution in [0.15, 0.2) is 23.6 Å². The van der Waals surface area contributed by atoms with Gasteiger partial charge in [-0.2, -0.15) is 0 Å². The van der Waals surface area contributed by atoms with E-state index in [1.165, 1.54) is 6.42 Å². The molecule has 3 rings (SSSR count). The standard InChI is InChI=1S/C16H18ClFN2S/c1-11-4-5-20(8-11)9-13-6-12(2-3-15(13)18)16-19-14(7-17)10-21-16/h2-3,6,10-11H,4-5,7-9H2,1H3. The molecule has 2 aromatic rings. The van der Waals surface area contributed by atoms with Crippen LogP contribution in [-0.4, -0.2) is 23.0 Å². The number of benzene rings is 1. The largest absolute Gasteiger partial charge is 0.299 e. The third-order valence-electron chi connectivity index (χ3n) is 3.88. The minimum atomic E-state index is -0.132. The predicted molar refractivity (Wildman–Crippen MR) is 86.1 cm³/mol. The fraction of sp³-hybridized carbons (Fsp3) is 0.438. The molecule has 0 saturated carbocycles. The summed E-state index contributed by atoms with van der Waals surface area (Å²) in [6, 6.07) is 5.27. The van der Waals surface area contributed by atoms with Crippen molar-refractivity contribution in [3.05, 3.63) is 40.7 Å². The first-order chi connectivity index (χ1) is 10.2. The minimum Gasteiger partial charge on any atom is -0.299 e. The number of hydrogen-bond donors (Lipinski definition) is 0. The van der Waals surface area contributed by atoms with Gasteiger partial charge in [-0.15, -0.1) is 22.9 Å². The van der Waals surface area contributed by atoms with E-state index in [0.29, 0.717) is 18.3 Å². The van der Waals surface area contributed by atoms with E-state index in [1.807, 2.05) is 11.4 Å². The van der Waals surface area contributed by atoms with Crippen molar-refractivity contribution < 1.29 is 4.39 Å². The maximum Gasteiger partial charge on any atom is 0.127 e. The first kappa shape index (κ1) is 14.9. The maximum absolute atomic E-state index is 14.0. The third kappa shape index (κ3) is 3.44. The summed E-state index contributed by atoms with van der Waals surface area (Å²) in [5.74, 6) is 0.991. The molecule has 0 N–H and O–H groups in total. The molecule has 0 radical (unpaired) electrons. The van der Waals surface area contributed by atoms with Crippen molar-refractivity contribution in [1.82, 2.24) is 9.88 Å². The number of nitrogens with zero attached hydrogens (tertiary/aromatic N) is 2. The summed E-state index contributed by atoms with van der Waals surface area (Å²) in [6.45, 7) is 5.03. The fourth-order valence-electron chi connectivity index (χ4n) is 2.74. The smallest absolute Gasteiger partial charge is 0.127 e. The van der Waals surface area contributed by atoms with Crippen LogP contribution in [0.5, 0.6) is 0 Å². The van der Waals surface area contributed by atoms with Gasteiger partial charge in [-0.25, -0.2) is 9.37 Å². The van der Waals surface area contributed by atoms with Crippen molar-refractivity contribution in [2.75, 3.05) is 13.1 Å². The van der Waals surface area contributed by atoms with Crippen molar-refractivity contribution in [2.45, 2.75) is 25.8 Å². The van der Waals surface area contributed by atoms with Crippen LogP contribution in [0.3, 0.4) is 0 Å². The Labute approximate surface area is 133 Å². The molecule has 1 saturated heterocycles. The van der Waals surface area contributed by atoms with E-state index in [2.05, 4.69) is 16.8 Å². The zero-order valence-corrected chi connectivity index (χ0v) is 13.6. The molecule has 1 aromatic heterocycles. The van der Waals surface area contributed by atoms with Gasteiger partial charge in [0.1, 0.15) is 10.8 Å². The summed E-state index contributed by atoms with van der Waals surface area (Å²) in [6.07, 6.45) is 1.20. The Bertz CT molecular complexity index is 628. The van der Waals surface area contributed by atoms with Crippen molar-refractivity contribution in [3.8, 4) is 10.6 Å². The van der Waals surface area contributed by atoms with Crippen molar-refractivity contribution >= 4 is 22.9 Å². The SMILES string of the molecule is CC1CCN(Cc2cc(-c3nc(CCl)cs3)ccc2F)C1. The van der Waals surface area contributed by atoms with E-state index in [0.717, 1.165) is 34.9 Å². The Kier molecular flexibility index (Phi) is 4.57. The molecule has 1 fully saturated rings. The van der Waals surface area contributed by atoms with Gasteiger partial charge in [0.05, 0.1) is 11.6 Å². The Balaban J connectivity index is 1.82. The van der Waals surface area contributed by atoms with Gasteiger partial charge >= 0.3 is 0 Å². The Morgan fingerprint density at radius 1 is 1.48 bits per heavy atom. The van der Waals surface area contributed by atoms with E-state index in [-0.39, 0.29) is 5.82 Å². The summed E-state index contributed by atoms with van der Waals surface area (Å²) in [4.78, 5) is 6.78. The number of likely N-dealkylation sites (tertiary alicyclic amines) is 1. The van der Waals surface area contributed by atoms with E-state index in [1.54, 1.807) is 23.5 Å². The molecule has 1 unspecified atom stereocenters. The number of halogens is 2. The topological polar surface area (TPSA) is 16.1 Å². The van der Waals surface area contributed by atoms with Gasteiger partial charge in [-0.3, -0.25) is 4.90 Å². The highest BCUT2D eigenvalue weighted by atomic mass is 35.5. The van der Waals surface area contributed by atoms with E-state index in [9.17, 15) is 4.39 Å². The number of rotatable bonds is 4. The molecule has 0 bridgehead atoms. The maximum atomic E-state index is 14.0. The van der Waals surface area contributed by atoms with E-state index < -0.39 is 0 Å². The second kappa shape index (κ2) is 6.42. The van der Waals surface area contributed by atoms with Crippen LogP contribution in [0.4, 0.5) is 4.39 Å². The first-order valence-corrected chi connectivity index (χ1v) is 8.58. The lowest BCUT2D eigenvalue weighted by molar-refractivity contribution is 0.315. The Morgan fingerprint density at radius 3 is 3.00 bits per heavy atom. The Morgan fingerprint density at radius 2 is 2.33 bits per heavy atom. The molecule has 0 amide bonds. The molecule has 1 aliphatic heterocycles. The number of hydrogen-bond acceptors (Lipinski definition) is 3. The van der Waals surface area contributed by atoms with Crippen molar-refractivity contribution in [1.29, 1.82) is 0 Å². The van der Waals surface area contributed by atoms with E-state index in [4.69, 9.17) is 11.6 Å². The van der Waals surface area contributed by atoms with Gasteiger partial charge in [0.2, 0.25) is 0 Å². The summed E-state index contributed by atoms with van der Waals surface area (Å²) in [5, 5.41) is 2.86. The molecule has 5 heteroatoms. The molecular weight excluding hydrogens is 307 g/mol. The monoisotopic (exact) mass is 324 g/mol. The van der Waals surface area contributed by atoms with Crippen molar-refractivity contribution in [3.63, 3.8) is 0 Å². The van der Waals surface area contributed by atoms with Gasteiger partial charge < -0.3 is 0 Å². The first-order valence-electron chi connectivity index (χ1n) is 7.17. The molecule has 1 atom stereocenters. The lowest BCUT2D eigenvalue weighted by Crippen LogP contribution is -2.20. The summed E-state index contributed by atoms with van der Waals surface area (Å²) >= 11 is 7.34. The quantitative estimate of drug-likeness (QED) is 0.768. The molecular formula is C16H18ClFN2S. The molecule has 0 aliphatic carbocycles. The highest BCUT2D eigenvalue weighted by Crippen LogP contribution is 2.27. The summed E-state index contributed by atoms with van der Waals surface area (Å²) < 4.78 is 14.0. The van der Waals surface area contributed by atoms with Crippen LogP contribution in [0.25, 0.3) is 10.6 Å². The van der Waals surface area contributed by atoms with Crippen LogP contribution in [0.1, 0.15) is 24.6 Å². The molecule has 0 spiro atoms. The highest BCUT2D eigenvalue weighted by molar-refractivity contribution is 7.13. The van der Waals surface area contributed by atoms with Crippen LogP contribution in [-0.2, 0) is 12.4 Å². The van der Waals surface area contributed by atoms with Crippen LogP contribution < -0.4 is 0 Å². The van der Waals surface area contributed by atoms with Crippen LogP contribution in [0, 0.1) is 11.7 Å². The molecule has 112 valence electrons. The summed E-state index contributed by atoms with van der Waals surface area (Å²) in [5.41, 5.74) is 2.60. The normalized spacial score (nSPS) is 19.3. The molecule has 2 nitrogen and oxygen atoms in total. The molecule has 21 heavy (non-hydrogen) atoms. The second-order valence-corrected chi connectivity index (χ2v) is 6.84. The number of thiazole rings is 1. The molecule has 2 heterocycles. The summed E-state index contributed by atoms with van der Waals surface area (Å²) in [7, 11) is 0. The second-order valence-electron chi connectivity index (χ2n) is 5.71. The molecule has 1 aromatic carbocycles. The van der Waals surface area contributed by atoms with Gasteiger partial charge in [-0.05, 0) is 37.1 Å². The number of aromatic nitrogens is 1. The van der Waals surface area contributed by atoms with Crippen LogP contribution >= 0.6 is 22.9 Å². The fourth-order valence-corrected chi connectivity index (χ4v) is 3.79. The van der Waals surface area contributed by atoms with Gasteiger partial charge in [0.15, 0.2) is 0 Å². The van der Waals surface area contributed by atoms with E-state index >= 15 is 0 Å². The molecule has 1 aliphatic rings. The lowest BCUT2D eigenvalue weighted by atomic mass is 10.1. The van der Waals surface area contributed by atoms with Gasteiger partial charge in [0.25, 0.3) is 0 Å². The zero-order valence-electron chi connectivity index (χ0n) is 12.0. The van der Waals surface area contributed by atoms with Crippen molar-refractivity contribution in [2.24, 2.45) is 5.92 Å². The highest BCUT2D eigenvalue weighted by Gasteiger charge is 2.20. The van der Waals surface area contributed by atoms with Gasteiger partial charge in [0, 0.05) is 29.6 Å². The van der Waals surface area contributed by atoms with Crippen LogP contribution in [0.2, 0.25) is 0 Å². The third-order valence-corrected chi connectivity index (χ3v) is 5.10. The minimum absolute atomic E-state index is 0.132. The predicted octanol–water partition coefficient (Wildman–Crippen LogP) is 4.53. The lowest BCUT2D eigenvalue weighted by Gasteiger charge is -2.16. The number of alkyl halides is 1. The average Bonchev–Trinajstić information content (AvgIpc) is 3.10.